The number of methoxy groups -OCH3 is 1. The molecule has 0 unspecified atom stereocenters. The summed E-state index contributed by atoms with van der Waals surface area (Å²) in [6, 6.07) is 2.57. The number of carboxylic acids is 1. The summed E-state index contributed by atoms with van der Waals surface area (Å²) in [6.07, 6.45) is 0.386. The van der Waals surface area contributed by atoms with E-state index in [0.717, 1.165) is 0 Å². The fraction of sp³-hybridized carbons (Fsp3) is 0.500. The molecule has 0 atom stereocenters. The average molecular weight is 297 g/mol. The second-order valence-corrected chi connectivity index (χ2v) is 4.60. The molecule has 0 amide bonds. The minimum atomic E-state index is -1.33. The normalized spacial score (nSPS) is 17.0. The molecule has 9 heteroatoms. The van der Waals surface area contributed by atoms with Crippen molar-refractivity contribution in [1.82, 2.24) is 4.98 Å². The maximum absolute atomic E-state index is 11.6. The zero-order valence-electron chi connectivity index (χ0n) is 11.4. The smallest absolute Gasteiger partial charge is 0.329 e. The number of aliphatic carboxylic acids is 1. The van der Waals surface area contributed by atoms with Crippen molar-refractivity contribution in [2.45, 2.75) is 18.4 Å². The van der Waals surface area contributed by atoms with E-state index < -0.39 is 16.4 Å². The number of anilines is 1. The number of rotatable bonds is 5. The molecule has 2 heterocycles. The first kappa shape index (κ1) is 15.0. The van der Waals surface area contributed by atoms with E-state index in [1.165, 1.54) is 19.2 Å². The number of pyridine rings is 1. The van der Waals surface area contributed by atoms with E-state index in [2.05, 4.69) is 10.3 Å². The second kappa shape index (κ2) is 5.92. The van der Waals surface area contributed by atoms with E-state index in [9.17, 15) is 20.0 Å². The van der Waals surface area contributed by atoms with Crippen LogP contribution in [-0.4, -0.2) is 46.8 Å². The van der Waals surface area contributed by atoms with Crippen LogP contribution in [0.25, 0.3) is 0 Å². The van der Waals surface area contributed by atoms with Crippen molar-refractivity contribution in [2.75, 3.05) is 25.6 Å². The van der Waals surface area contributed by atoms with Gasteiger partial charge in [-0.1, -0.05) is 0 Å². The second-order valence-electron chi connectivity index (χ2n) is 4.60. The van der Waals surface area contributed by atoms with Gasteiger partial charge in [-0.05, 0) is 0 Å². The molecule has 9 nitrogen and oxygen atoms in total. The molecule has 21 heavy (non-hydrogen) atoms. The van der Waals surface area contributed by atoms with E-state index in [0.29, 0.717) is 0 Å². The summed E-state index contributed by atoms with van der Waals surface area (Å²) in [4.78, 5) is 26.0. The Kier molecular flexibility index (Phi) is 4.22. The first-order chi connectivity index (χ1) is 9.98. The van der Waals surface area contributed by atoms with Gasteiger partial charge in [0.2, 0.25) is 11.7 Å². The summed E-state index contributed by atoms with van der Waals surface area (Å²) in [6.45, 7) is 0.522. The van der Waals surface area contributed by atoms with Crippen molar-refractivity contribution >= 4 is 17.5 Å². The number of hydrogen-bond acceptors (Lipinski definition) is 7. The number of carboxylic acid groups (broad SMARTS) is 1. The number of nitro groups is 1. The topological polar surface area (TPSA) is 124 Å². The van der Waals surface area contributed by atoms with Gasteiger partial charge in [-0.3, -0.25) is 10.1 Å². The van der Waals surface area contributed by atoms with E-state index in [4.69, 9.17) is 9.47 Å². The van der Waals surface area contributed by atoms with Crippen LogP contribution in [-0.2, 0) is 9.53 Å². The van der Waals surface area contributed by atoms with Gasteiger partial charge in [0.25, 0.3) is 0 Å². The van der Waals surface area contributed by atoms with Gasteiger partial charge in [0, 0.05) is 38.2 Å². The van der Waals surface area contributed by atoms with Crippen molar-refractivity contribution in [1.29, 1.82) is 0 Å². The molecule has 2 N–H and O–H groups in total. The zero-order valence-corrected chi connectivity index (χ0v) is 11.4. The maximum atomic E-state index is 11.6. The number of ether oxygens (including phenoxy) is 2. The standard InChI is InChI=1S/C12H15N3O6/c1-20-9-3-2-8(15(18)19)10(13-9)14-12(11(16)17)4-6-21-7-5-12/h2-3H,4-7H2,1H3,(H,13,14)(H,16,17). The van der Waals surface area contributed by atoms with Crippen LogP contribution in [0, 0.1) is 10.1 Å². The number of nitrogens with zero attached hydrogens (tertiary/aromatic N) is 2. The van der Waals surface area contributed by atoms with Crippen LogP contribution in [0.5, 0.6) is 5.88 Å². The number of carbonyl (C=O) groups is 1. The molecule has 0 radical (unpaired) electrons. The molecule has 114 valence electrons. The average Bonchev–Trinajstić information content (AvgIpc) is 2.47. The molecule has 1 aromatic rings. The predicted octanol–water partition coefficient (Wildman–Crippen LogP) is 1.04. The van der Waals surface area contributed by atoms with Gasteiger partial charge in [0.05, 0.1) is 12.0 Å². The fourth-order valence-electron chi connectivity index (χ4n) is 2.13. The Labute approximate surface area is 120 Å². The predicted molar refractivity (Wildman–Crippen MR) is 71.5 cm³/mol. The monoisotopic (exact) mass is 297 g/mol. The van der Waals surface area contributed by atoms with Gasteiger partial charge in [-0.25, -0.2) is 4.79 Å². The number of nitrogens with one attached hydrogen (secondary N) is 1. The highest BCUT2D eigenvalue weighted by Crippen LogP contribution is 2.31. The van der Waals surface area contributed by atoms with Crippen LogP contribution in [0.4, 0.5) is 11.5 Å². The van der Waals surface area contributed by atoms with Crippen LogP contribution in [0.3, 0.4) is 0 Å². The summed E-state index contributed by atoms with van der Waals surface area (Å²) in [5, 5.41) is 23.2. The zero-order chi connectivity index (χ0) is 15.5. The largest absolute Gasteiger partial charge is 0.481 e. The van der Waals surface area contributed by atoms with Crippen LogP contribution in [0.2, 0.25) is 0 Å². The minimum absolute atomic E-state index is 0.122. The Balaban J connectivity index is 2.39. The van der Waals surface area contributed by atoms with Crippen LogP contribution in [0.15, 0.2) is 12.1 Å². The highest BCUT2D eigenvalue weighted by Gasteiger charge is 2.42. The van der Waals surface area contributed by atoms with Gasteiger partial charge < -0.3 is 19.9 Å². The van der Waals surface area contributed by atoms with Gasteiger partial charge in [-0.2, -0.15) is 4.98 Å². The Bertz CT molecular complexity index is 556. The van der Waals surface area contributed by atoms with Crippen LogP contribution >= 0.6 is 0 Å². The van der Waals surface area contributed by atoms with Crippen molar-refractivity contribution in [3.05, 3.63) is 22.2 Å². The van der Waals surface area contributed by atoms with Crippen LogP contribution < -0.4 is 10.1 Å². The summed E-state index contributed by atoms with van der Waals surface area (Å²) >= 11 is 0. The lowest BCUT2D eigenvalue weighted by molar-refractivity contribution is -0.384. The third kappa shape index (κ3) is 3.02. The molecule has 0 saturated carbocycles. The molecular weight excluding hydrogens is 282 g/mol. The lowest BCUT2D eigenvalue weighted by atomic mass is 9.90. The molecule has 1 aromatic heterocycles. The third-order valence-corrected chi connectivity index (χ3v) is 3.37. The van der Waals surface area contributed by atoms with Gasteiger partial charge in [0.15, 0.2) is 0 Å². The quantitative estimate of drug-likeness (QED) is 0.610. The summed E-state index contributed by atoms with van der Waals surface area (Å²) in [7, 11) is 1.37. The third-order valence-electron chi connectivity index (χ3n) is 3.37. The van der Waals surface area contributed by atoms with Crippen molar-refractivity contribution in [2.24, 2.45) is 0 Å². The fourth-order valence-corrected chi connectivity index (χ4v) is 2.13. The minimum Gasteiger partial charge on any atom is -0.481 e. The molecule has 1 saturated heterocycles. The van der Waals surface area contributed by atoms with Crippen molar-refractivity contribution < 1.29 is 24.3 Å². The summed E-state index contributed by atoms with van der Waals surface area (Å²) in [5.74, 6) is -1.05. The van der Waals surface area contributed by atoms with Gasteiger partial charge >= 0.3 is 11.7 Å². The molecule has 1 aliphatic rings. The highest BCUT2D eigenvalue weighted by molar-refractivity contribution is 5.83. The van der Waals surface area contributed by atoms with Crippen LogP contribution in [0.1, 0.15) is 12.8 Å². The first-order valence-electron chi connectivity index (χ1n) is 6.27. The molecule has 1 fully saturated rings. The molecule has 2 rings (SSSR count). The molecule has 0 bridgehead atoms. The molecular formula is C12H15N3O6. The Morgan fingerprint density at radius 2 is 2.19 bits per heavy atom. The maximum Gasteiger partial charge on any atom is 0.329 e. The molecule has 1 aliphatic heterocycles. The molecule has 0 spiro atoms. The number of aromatic nitrogens is 1. The highest BCUT2D eigenvalue weighted by atomic mass is 16.6. The van der Waals surface area contributed by atoms with Crippen molar-refractivity contribution in [3.63, 3.8) is 0 Å². The first-order valence-corrected chi connectivity index (χ1v) is 6.27. The Morgan fingerprint density at radius 3 is 2.71 bits per heavy atom. The number of hydrogen-bond donors (Lipinski definition) is 2. The van der Waals surface area contributed by atoms with Gasteiger partial charge in [0.1, 0.15) is 5.54 Å². The molecule has 0 aliphatic carbocycles. The van der Waals surface area contributed by atoms with E-state index in [1.807, 2.05) is 0 Å². The van der Waals surface area contributed by atoms with E-state index in [-0.39, 0.29) is 43.4 Å². The van der Waals surface area contributed by atoms with E-state index in [1.54, 1.807) is 0 Å². The lowest BCUT2D eigenvalue weighted by Gasteiger charge is -2.34. The lowest BCUT2D eigenvalue weighted by Crippen LogP contribution is -2.50. The Hall–Kier alpha value is -2.42. The van der Waals surface area contributed by atoms with Gasteiger partial charge in [-0.15, -0.1) is 0 Å². The summed E-state index contributed by atoms with van der Waals surface area (Å²) in [5.41, 5.74) is -1.63. The molecule has 0 aromatic carbocycles. The SMILES string of the molecule is COc1ccc([N+](=O)[O-])c(NC2(C(=O)O)CCOCC2)n1. The van der Waals surface area contributed by atoms with E-state index >= 15 is 0 Å². The Morgan fingerprint density at radius 1 is 1.52 bits per heavy atom. The van der Waals surface area contributed by atoms with Crippen molar-refractivity contribution in [3.8, 4) is 5.88 Å². The summed E-state index contributed by atoms with van der Waals surface area (Å²) < 4.78 is 10.1.